The summed E-state index contributed by atoms with van der Waals surface area (Å²) in [6, 6.07) is 10.2. The Labute approximate surface area is 133 Å². The van der Waals surface area contributed by atoms with E-state index in [0.29, 0.717) is 6.54 Å². The van der Waals surface area contributed by atoms with Gasteiger partial charge in [0, 0.05) is 13.2 Å². The molecule has 1 aliphatic rings. The first-order valence-corrected chi connectivity index (χ1v) is 8.13. The predicted octanol–water partition coefficient (Wildman–Crippen LogP) is 2.66. The Bertz CT molecular complexity index is 462. The Morgan fingerprint density at radius 3 is 2.64 bits per heavy atom. The SMILES string of the molecule is CC(C)(C)[C@@H](NC(=O)CNC[C@@H]1CCCO1)c1ccccc1. The normalized spacial score (nSPS) is 19.9. The zero-order chi connectivity index (χ0) is 16.0. The molecule has 2 rings (SSSR count). The van der Waals surface area contributed by atoms with Crippen LogP contribution in [-0.2, 0) is 9.53 Å². The average molecular weight is 304 g/mol. The molecule has 1 amide bonds. The highest BCUT2D eigenvalue weighted by atomic mass is 16.5. The van der Waals surface area contributed by atoms with Crippen LogP contribution in [-0.4, -0.2) is 31.7 Å². The molecule has 2 atom stereocenters. The van der Waals surface area contributed by atoms with Gasteiger partial charge in [0.1, 0.15) is 0 Å². The number of benzene rings is 1. The fraction of sp³-hybridized carbons (Fsp3) is 0.611. The summed E-state index contributed by atoms with van der Waals surface area (Å²) in [5, 5.41) is 6.35. The molecule has 0 spiro atoms. The minimum Gasteiger partial charge on any atom is -0.377 e. The van der Waals surface area contributed by atoms with E-state index in [0.717, 1.165) is 31.6 Å². The Kier molecular flexibility index (Phi) is 5.98. The second kappa shape index (κ2) is 7.75. The number of hydrogen-bond acceptors (Lipinski definition) is 3. The summed E-state index contributed by atoms with van der Waals surface area (Å²) in [4.78, 5) is 12.2. The van der Waals surface area contributed by atoms with Crippen molar-refractivity contribution in [1.29, 1.82) is 0 Å². The summed E-state index contributed by atoms with van der Waals surface area (Å²) in [5.74, 6) is 0.0294. The lowest BCUT2D eigenvalue weighted by Gasteiger charge is -2.32. The molecule has 22 heavy (non-hydrogen) atoms. The average Bonchev–Trinajstić information content (AvgIpc) is 2.98. The molecule has 0 saturated carbocycles. The zero-order valence-electron chi connectivity index (χ0n) is 13.9. The summed E-state index contributed by atoms with van der Waals surface area (Å²) in [6.45, 7) is 8.36. The van der Waals surface area contributed by atoms with Crippen LogP contribution in [0.2, 0.25) is 0 Å². The van der Waals surface area contributed by atoms with Crippen LogP contribution in [0, 0.1) is 5.41 Å². The largest absolute Gasteiger partial charge is 0.377 e. The van der Waals surface area contributed by atoms with Crippen LogP contribution < -0.4 is 10.6 Å². The molecular formula is C18H28N2O2. The third-order valence-corrected chi connectivity index (χ3v) is 3.99. The second-order valence-electron chi connectivity index (χ2n) is 7.04. The Morgan fingerprint density at radius 1 is 1.32 bits per heavy atom. The standard InChI is InChI=1S/C18H28N2O2/c1-18(2,3)17(14-8-5-4-6-9-14)20-16(21)13-19-12-15-10-7-11-22-15/h4-6,8-9,15,17,19H,7,10-13H2,1-3H3,(H,20,21)/t15-,17-/m0/s1. The van der Waals surface area contributed by atoms with E-state index in [1.54, 1.807) is 0 Å². The van der Waals surface area contributed by atoms with E-state index in [1.165, 1.54) is 0 Å². The first-order valence-electron chi connectivity index (χ1n) is 8.13. The van der Waals surface area contributed by atoms with E-state index in [4.69, 9.17) is 4.74 Å². The minimum atomic E-state index is -0.0361. The van der Waals surface area contributed by atoms with Gasteiger partial charge in [-0.3, -0.25) is 4.79 Å². The summed E-state index contributed by atoms with van der Waals surface area (Å²) in [6.07, 6.45) is 2.47. The van der Waals surface area contributed by atoms with E-state index in [-0.39, 0.29) is 23.5 Å². The van der Waals surface area contributed by atoms with Crippen LogP contribution in [0.4, 0.5) is 0 Å². The number of carbonyl (C=O) groups excluding carboxylic acids is 1. The summed E-state index contributed by atoms with van der Waals surface area (Å²) in [5.41, 5.74) is 1.11. The maximum Gasteiger partial charge on any atom is 0.234 e. The van der Waals surface area contributed by atoms with Crippen molar-refractivity contribution < 1.29 is 9.53 Å². The molecule has 1 saturated heterocycles. The van der Waals surface area contributed by atoms with Gasteiger partial charge in [-0.1, -0.05) is 51.1 Å². The van der Waals surface area contributed by atoms with Crippen LogP contribution >= 0.6 is 0 Å². The molecule has 1 heterocycles. The maximum absolute atomic E-state index is 12.2. The van der Waals surface area contributed by atoms with Crippen LogP contribution in [0.25, 0.3) is 0 Å². The number of hydrogen-bond donors (Lipinski definition) is 2. The fourth-order valence-corrected chi connectivity index (χ4v) is 2.81. The monoisotopic (exact) mass is 304 g/mol. The minimum absolute atomic E-state index is 0.00531. The number of ether oxygens (including phenoxy) is 1. The molecule has 0 unspecified atom stereocenters. The van der Waals surface area contributed by atoms with E-state index >= 15 is 0 Å². The van der Waals surface area contributed by atoms with Gasteiger partial charge in [0.15, 0.2) is 0 Å². The highest BCUT2D eigenvalue weighted by Gasteiger charge is 2.27. The molecule has 1 fully saturated rings. The molecule has 1 aliphatic heterocycles. The van der Waals surface area contributed by atoms with Crippen molar-refractivity contribution in [2.75, 3.05) is 19.7 Å². The predicted molar refractivity (Wildman–Crippen MR) is 88.6 cm³/mol. The smallest absolute Gasteiger partial charge is 0.234 e. The van der Waals surface area contributed by atoms with E-state index in [9.17, 15) is 4.79 Å². The fourth-order valence-electron chi connectivity index (χ4n) is 2.81. The molecule has 4 heteroatoms. The topological polar surface area (TPSA) is 50.4 Å². The molecule has 0 bridgehead atoms. The first-order chi connectivity index (χ1) is 10.5. The van der Waals surface area contributed by atoms with Crippen molar-refractivity contribution in [3.8, 4) is 0 Å². The van der Waals surface area contributed by atoms with Crippen molar-refractivity contribution >= 4 is 5.91 Å². The number of nitrogens with one attached hydrogen (secondary N) is 2. The van der Waals surface area contributed by atoms with E-state index in [2.05, 4.69) is 43.5 Å². The molecule has 1 aromatic rings. The molecule has 2 N–H and O–H groups in total. The molecule has 0 aromatic heterocycles. The van der Waals surface area contributed by atoms with Gasteiger partial charge in [0.05, 0.1) is 18.7 Å². The number of rotatable bonds is 6. The van der Waals surface area contributed by atoms with Gasteiger partial charge in [-0.15, -0.1) is 0 Å². The Balaban J connectivity index is 1.85. The van der Waals surface area contributed by atoms with Crippen molar-refractivity contribution in [3.05, 3.63) is 35.9 Å². The van der Waals surface area contributed by atoms with Crippen molar-refractivity contribution in [2.45, 2.75) is 45.8 Å². The third kappa shape index (κ3) is 5.11. The van der Waals surface area contributed by atoms with Crippen LogP contribution in [0.15, 0.2) is 30.3 Å². The Hall–Kier alpha value is -1.39. The quantitative estimate of drug-likeness (QED) is 0.849. The first kappa shape index (κ1) is 17.0. The van der Waals surface area contributed by atoms with Crippen molar-refractivity contribution in [3.63, 3.8) is 0 Å². The zero-order valence-corrected chi connectivity index (χ0v) is 13.9. The lowest BCUT2D eigenvalue weighted by atomic mass is 9.82. The molecular weight excluding hydrogens is 276 g/mol. The second-order valence-corrected chi connectivity index (χ2v) is 7.04. The lowest BCUT2D eigenvalue weighted by Crippen LogP contribution is -2.42. The van der Waals surface area contributed by atoms with Gasteiger partial charge in [-0.05, 0) is 23.8 Å². The van der Waals surface area contributed by atoms with Gasteiger partial charge in [-0.2, -0.15) is 0 Å². The Morgan fingerprint density at radius 2 is 2.05 bits per heavy atom. The summed E-state index contributed by atoms with van der Waals surface area (Å²) >= 11 is 0. The van der Waals surface area contributed by atoms with E-state index in [1.807, 2.05) is 18.2 Å². The molecule has 122 valence electrons. The van der Waals surface area contributed by atoms with E-state index < -0.39 is 0 Å². The number of amides is 1. The van der Waals surface area contributed by atoms with Crippen LogP contribution in [0.1, 0.15) is 45.2 Å². The third-order valence-electron chi connectivity index (χ3n) is 3.99. The highest BCUT2D eigenvalue weighted by Crippen LogP contribution is 2.32. The maximum atomic E-state index is 12.2. The number of carbonyl (C=O) groups is 1. The van der Waals surface area contributed by atoms with Crippen molar-refractivity contribution in [2.24, 2.45) is 5.41 Å². The van der Waals surface area contributed by atoms with Crippen LogP contribution in [0.3, 0.4) is 0 Å². The van der Waals surface area contributed by atoms with Gasteiger partial charge in [0.2, 0.25) is 5.91 Å². The lowest BCUT2D eigenvalue weighted by molar-refractivity contribution is -0.121. The van der Waals surface area contributed by atoms with Gasteiger partial charge >= 0.3 is 0 Å². The molecule has 1 aromatic carbocycles. The molecule has 0 radical (unpaired) electrons. The van der Waals surface area contributed by atoms with Gasteiger partial charge in [-0.25, -0.2) is 0 Å². The molecule has 4 nitrogen and oxygen atoms in total. The highest BCUT2D eigenvalue weighted by molar-refractivity contribution is 5.78. The summed E-state index contributed by atoms with van der Waals surface area (Å²) < 4.78 is 5.55. The van der Waals surface area contributed by atoms with Gasteiger partial charge in [0.25, 0.3) is 0 Å². The van der Waals surface area contributed by atoms with Crippen LogP contribution in [0.5, 0.6) is 0 Å². The van der Waals surface area contributed by atoms with Crippen molar-refractivity contribution in [1.82, 2.24) is 10.6 Å². The molecule has 0 aliphatic carbocycles. The van der Waals surface area contributed by atoms with Gasteiger partial charge < -0.3 is 15.4 Å². The summed E-state index contributed by atoms with van der Waals surface area (Å²) in [7, 11) is 0.